The Kier molecular flexibility index (Phi) is 6.71. The van der Waals surface area contributed by atoms with Gasteiger partial charge in [0.15, 0.2) is 0 Å². The number of benzene rings is 1. The first-order chi connectivity index (χ1) is 16.9. The molecular weight excluding hydrogens is 502 g/mol. The molecule has 1 aliphatic heterocycles. The van der Waals surface area contributed by atoms with Gasteiger partial charge in [-0.1, -0.05) is 15.9 Å². The molecule has 6 nitrogen and oxygen atoms in total. The van der Waals surface area contributed by atoms with Gasteiger partial charge in [-0.15, -0.1) is 0 Å². The van der Waals surface area contributed by atoms with Crippen LogP contribution in [0.1, 0.15) is 22.5 Å². The van der Waals surface area contributed by atoms with Gasteiger partial charge in [0.25, 0.3) is 5.56 Å². The molecule has 0 bridgehead atoms. The van der Waals surface area contributed by atoms with Gasteiger partial charge in [-0.25, -0.2) is 4.98 Å². The Morgan fingerprint density at radius 3 is 2.46 bits per heavy atom. The minimum Gasteiger partial charge on any atom is -0.354 e. The largest absolute Gasteiger partial charge is 0.354 e. The molecule has 1 N–H and O–H groups in total. The molecule has 0 saturated carbocycles. The molecule has 4 heterocycles. The zero-order valence-electron chi connectivity index (χ0n) is 20.4. The van der Waals surface area contributed by atoms with Crippen LogP contribution in [0.3, 0.4) is 0 Å². The zero-order chi connectivity index (χ0) is 24.5. The van der Waals surface area contributed by atoms with Gasteiger partial charge in [-0.2, -0.15) is 0 Å². The lowest BCUT2D eigenvalue weighted by Gasteiger charge is -2.33. The van der Waals surface area contributed by atoms with E-state index in [2.05, 4.69) is 62.0 Å². The van der Waals surface area contributed by atoms with Crippen LogP contribution in [0.25, 0.3) is 21.9 Å². The van der Waals surface area contributed by atoms with Crippen molar-refractivity contribution in [1.29, 1.82) is 0 Å². The van der Waals surface area contributed by atoms with Gasteiger partial charge in [0.05, 0.1) is 0 Å². The lowest BCUT2D eigenvalue weighted by molar-refractivity contribution is 0.312. The molecule has 0 radical (unpaired) electrons. The van der Waals surface area contributed by atoms with Crippen LogP contribution in [-0.4, -0.2) is 53.1 Å². The molecular formula is C28H30BrN5O. The predicted molar refractivity (Wildman–Crippen MR) is 146 cm³/mol. The highest BCUT2D eigenvalue weighted by atomic mass is 79.9. The highest BCUT2D eigenvalue weighted by molar-refractivity contribution is 9.10. The second-order valence-corrected chi connectivity index (χ2v) is 10.3. The maximum Gasteiger partial charge on any atom is 0.251 e. The van der Waals surface area contributed by atoms with E-state index in [-0.39, 0.29) is 5.56 Å². The van der Waals surface area contributed by atoms with E-state index in [1.165, 1.54) is 0 Å². The molecule has 1 fully saturated rings. The van der Waals surface area contributed by atoms with Crippen molar-refractivity contribution in [2.24, 2.45) is 0 Å². The quantitative estimate of drug-likeness (QED) is 0.396. The normalized spacial score (nSPS) is 14.6. The molecule has 0 unspecified atom stereocenters. The standard InChI is InChI=1S/C28H30BrN5O/c1-18-14-19(2)32-28(35)22(18)5-6-26-24-15-21(16-25(29)23(24)8-9-30-26)20-4-7-27(31-17-20)34-12-10-33(3)11-13-34/h4,7-9,14-17H,5-6,10-13H2,1-3H3,(H,32,35). The Morgan fingerprint density at radius 2 is 1.74 bits per heavy atom. The molecule has 180 valence electrons. The van der Waals surface area contributed by atoms with Crippen molar-refractivity contribution in [3.05, 3.63) is 86.1 Å². The molecule has 7 heteroatoms. The molecule has 0 atom stereocenters. The maximum atomic E-state index is 12.5. The average molecular weight is 532 g/mol. The van der Waals surface area contributed by atoms with Crippen molar-refractivity contribution in [3.63, 3.8) is 0 Å². The molecule has 1 saturated heterocycles. The monoisotopic (exact) mass is 531 g/mol. The second kappa shape index (κ2) is 9.91. The number of nitrogens with zero attached hydrogens (tertiary/aromatic N) is 4. The third kappa shape index (κ3) is 5.02. The van der Waals surface area contributed by atoms with E-state index in [0.29, 0.717) is 12.8 Å². The van der Waals surface area contributed by atoms with Crippen LogP contribution in [0.2, 0.25) is 0 Å². The number of aromatic amines is 1. The van der Waals surface area contributed by atoms with E-state index < -0.39 is 0 Å². The summed E-state index contributed by atoms with van der Waals surface area (Å²) in [5.41, 5.74) is 5.91. The summed E-state index contributed by atoms with van der Waals surface area (Å²) in [6, 6.07) is 12.7. The highest BCUT2D eigenvalue weighted by Crippen LogP contribution is 2.33. The molecule has 3 aromatic heterocycles. The number of hydrogen-bond donors (Lipinski definition) is 1. The maximum absolute atomic E-state index is 12.5. The molecule has 0 aliphatic carbocycles. The second-order valence-electron chi connectivity index (χ2n) is 9.45. The van der Waals surface area contributed by atoms with E-state index in [4.69, 9.17) is 9.97 Å². The highest BCUT2D eigenvalue weighted by Gasteiger charge is 2.16. The SMILES string of the molecule is Cc1cc(C)c(CCc2nccc3c(Br)cc(-c4ccc(N5CCN(C)CC5)nc4)cc23)c(=O)[nH]1. The van der Waals surface area contributed by atoms with Crippen molar-refractivity contribution in [1.82, 2.24) is 19.9 Å². The molecule has 1 aromatic carbocycles. The number of halogens is 1. The number of H-pyrrole nitrogens is 1. The number of piperazine rings is 1. The molecule has 0 spiro atoms. The van der Waals surface area contributed by atoms with Crippen molar-refractivity contribution in [2.75, 3.05) is 38.1 Å². The number of hydrogen-bond acceptors (Lipinski definition) is 5. The topological polar surface area (TPSA) is 65.1 Å². The average Bonchev–Trinajstić information content (AvgIpc) is 2.84. The van der Waals surface area contributed by atoms with Gasteiger partial charge in [-0.3, -0.25) is 9.78 Å². The first-order valence-corrected chi connectivity index (χ1v) is 12.8. The van der Waals surface area contributed by atoms with E-state index >= 15 is 0 Å². The molecule has 35 heavy (non-hydrogen) atoms. The molecule has 5 rings (SSSR count). The lowest BCUT2D eigenvalue weighted by atomic mass is 9.98. The van der Waals surface area contributed by atoms with Crippen LogP contribution >= 0.6 is 15.9 Å². The van der Waals surface area contributed by atoms with E-state index in [1.807, 2.05) is 38.4 Å². The number of pyridine rings is 3. The summed E-state index contributed by atoms with van der Waals surface area (Å²) in [4.78, 5) is 29.6. The van der Waals surface area contributed by atoms with Crippen molar-refractivity contribution >= 4 is 32.5 Å². The van der Waals surface area contributed by atoms with Gasteiger partial charge >= 0.3 is 0 Å². The zero-order valence-corrected chi connectivity index (χ0v) is 22.0. The van der Waals surface area contributed by atoms with Gasteiger partial charge in [-0.05, 0) is 86.6 Å². The third-order valence-electron chi connectivity index (χ3n) is 6.93. The third-order valence-corrected chi connectivity index (χ3v) is 7.58. The molecule has 1 aliphatic rings. The van der Waals surface area contributed by atoms with E-state index in [0.717, 1.165) is 80.9 Å². The summed E-state index contributed by atoms with van der Waals surface area (Å²) in [5.74, 6) is 1.03. The summed E-state index contributed by atoms with van der Waals surface area (Å²) in [7, 11) is 2.16. The fourth-order valence-corrected chi connectivity index (χ4v) is 5.47. The summed E-state index contributed by atoms with van der Waals surface area (Å²) in [6.07, 6.45) is 5.16. The Hall–Kier alpha value is -3.03. The number of rotatable bonds is 5. The van der Waals surface area contributed by atoms with Crippen LogP contribution in [0.4, 0.5) is 5.82 Å². The summed E-state index contributed by atoms with van der Waals surface area (Å²) in [6.45, 7) is 8.04. The summed E-state index contributed by atoms with van der Waals surface area (Å²) < 4.78 is 1.03. The number of nitrogens with one attached hydrogen (secondary N) is 1. The number of fused-ring (bicyclic) bond motifs is 1. The van der Waals surface area contributed by atoms with Crippen LogP contribution in [0.15, 0.2) is 58.1 Å². The van der Waals surface area contributed by atoms with Crippen molar-refractivity contribution in [3.8, 4) is 11.1 Å². The van der Waals surface area contributed by atoms with Crippen LogP contribution in [0, 0.1) is 13.8 Å². The predicted octanol–water partition coefficient (Wildman–Crippen LogP) is 4.90. The number of aryl methyl sites for hydroxylation is 3. The van der Waals surface area contributed by atoms with Crippen molar-refractivity contribution < 1.29 is 0 Å². The van der Waals surface area contributed by atoms with Gasteiger partial charge in [0.1, 0.15) is 5.82 Å². The minimum atomic E-state index is -0.00359. The van der Waals surface area contributed by atoms with Gasteiger partial charge < -0.3 is 14.8 Å². The Balaban J connectivity index is 1.44. The fourth-order valence-electron chi connectivity index (χ4n) is 4.88. The number of aromatic nitrogens is 3. The molecule has 4 aromatic rings. The Morgan fingerprint density at radius 1 is 0.943 bits per heavy atom. The van der Waals surface area contributed by atoms with Crippen molar-refractivity contribution in [2.45, 2.75) is 26.7 Å². The van der Waals surface area contributed by atoms with E-state index in [1.54, 1.807) is 0 Å². The summed E-state index contributed by atoms with van der Waals surface area (Å²) >= 11 is 3.77. The van der Waals surface area contributed by atoms with Crippen LogP contribution in [-0.2, 0) is 12.8 Å². The van der Waals surface area contributed by atoms with Gasteiger partial charge in [0.2, 0.25) is 0 Å². The smallest absolute Gasteiger partial charge is 0.251 e. The summed E-state index contributed by atoms with van der Waals surface area (Å²) in [5, 5.41) is 2.22. The lowest BCUT2D eigenvalue weighted by Crippen LogP contribution is -2.44. The first-order valence-electron chi connectivity index (χ1n) is 12.1. The van der Waals surface area contributed by atoms with E-state index in [9.17, 15) is 4.79 Å². The minimum absolute atomic E-state index is 0.00359. The Labute approximate surface area is 214 Å². The van der Waals surface area contributed by atoms with Crippen LogP contribution in [0.5, 0.6) is 0 Å². The number of anilines is 1. The first kappa shape index (κ1) is 23.7. The number of likely N-dealkylation sites (N-methyl/N-ethyl adjacent to an activating group) is 1. The van der Waals surface area contributed by atoms with Crippen LogP contribution < -0.4 is 10.5 Å². The Bertz CT molecular complexity index is 1420. The fraction of sp³-hybridized carbons (Fsp3) is 0.321. The van der Waals surface area contributed by atoms with Gasteiger partial charge in [0, 0.05) is 70.9 Å². The molecule has 0 amide bonds.